The summed E-state index contributed by atoms with van der Waals surface area (Å²) in [5.41, 5.74) is 6.47. The van der Waals surface area contributed by atoms with Gasteiger partial charge in [-0.1, -0.05) is 13.8 Å². The Balaban J connectivity index is 1.89. The lowest BCUT2D eigenvalue weighted by molar-refractivity contribution is -0.134. The lowest BCUT2D eigenvalue weighted by atomic mass is 10.1. The van der Waals surface area contributed by atoms with Crippen molar-refractivity contribution in [2.75, 3.05) is 11.4 Å². The molecule has 2 heterocycles. The Morgan fingerprint density at radius 1 is 1.60 bits per heavy atom. The third-order valence-corrected chi connectivity index (χ3v) is 4.67. The molecule has 6 nitrogen and oxygen atoms in total. The summed E-state index contributed by atoms with van der Waals surface area (Å²) in [6, 6.07) is 3.44. The van der Waals surface area contributed by atoms with Crippen molar-refractivity contribution in [2.45, 2.75) is 20.1 Å². The number of ether oxygens (including phenoxy) is 1. The maximum atomic E-state index is 11.2. The molecule has 20 heavy (non-hydrogen) atoms. The molecule has 0 aromatic carbocycles. The van der Waals surface area contributed by atoms with E-state index in [0.717, 1.165) is 12.2 Å². The summed E-state index contributed by atoms with van der Waals surface area (Å²) >= 11 is 0. The normalized spacial score (nSPS) is 29.7. The molecule has 1 aliphatic carbocycles. The second kappa shape index (κ2) is 4.19. The number of primary amides is 1. The summed E-state index contributed by atoms with van der Waals surface area (Å²) in [6.45, 7) is 5.66. The summed E-state index contributed by atoms with van der Waals surface area (Å²) in [7, 11) is 0. The molecule has 0 bridgehead atoms. The Labute approximate surface area is 116 Å². The van der Waals surface area contributed by atoms with Crippen LogP contribution in [0.2, 0.25) is 0 Å². The van der Waals surface area contributed by atoms with Crippen molar-refractivity contribution in [2.24, 2.45) is 23.0 Å². The monoisotopic (exact) mass is 275 g/mol. The number of nitrogens with zero attached hydrogens (tertiary/aromatic N) is 2. The van der Waals surface area contributed by atoms with Crippen LogP contribution in [0, 0.1) is 17.3 Å². The van der Waals surface area contributed by atoms with Crippen LogP contribution in [0.5, 0.6) is 0 Å². The standard InChI is InChI=1S/C14H17N3O3/c1-14(2)9-6-17(13(11(9)14)20-7-18)8-3-4-16-10(5-8)12(15)19/h3-5,7,9,11,13H,6H2,1-2H3,(H2,15,19)/t9-,11-,13+/m0/s1. The average molecular weight is 275 g/mol. The van der Waals surface area contributed by atoms with Crippen LogP contribution in [-0.2, 0) is 9.53 Å². The molecule has 106 valence electrons. The van der Waals surface area contributed by atoms with E-state index in [4.69, 9.17) is 10.5 Å². The van der Waals surface area contributed by atoms with Crippen LogP contribution < -0.4 is 10.6 Å². The van der Waals surface area contributed by atoms with Gasteiger partial charge in [0.1, 0.15) is 5.69 Å². The van der Waals surface area contributed by atoms with Gasteiger partial charge in [0.15, 0.2) is 6.23 Å². The summed E-state index contributed by atoms with van der Waals surface area (Å²) in [5, 5.41) is 0. The summed E-state index contributed by atoms with van der Waals surface area (Å²) in [5.74, 6) is 0.264. The third kappa shape index (κ3) is 1.75. The van der Waals surface area contributed by atoms with Crippen molar-refractivity contribution < 1.29 is 14.3 Å². The molecule has 1 saturated carbocycles. The number of carbonyl (C=O) groups excluding carboxylic acids is 2. The van der Waals surface area contributed by atoms with Gasteiger partial charge >= 0.3 is 0 Å². The van der Waals surface area contributed by atoms with Crippen LogP contribution in [0.4, 0.5) is 5.69 Å². The molecule has 0 spiro atoms. The van der Waals surface area contributed by atoms with Gasteiger partial charge in [0.2, 0.25) is 0 Å². The SMILES string of the molecule is CC1(C)[C@@H]2[C@@H](OC=O)N(c3ccnc(C(N)=O)c3)C[C@@H]21. The quantitative estimate of drug-likeness (QED) is 0.820. The predicted octanol–water partition coefficient (Wildman–Crippen LogP) is 0.772. The number of hydrogen-bond donors (Lipinski definition) is 1. The fourth-order valence-electron chi connectivity index (χ4n) is 3.41. The minimum Gasteiger partial charge on any atom is -0.443 e. The van der Waals surface area contributed by atoms with Crippen LogP contribution in [0.3, 0.4) is 0 Å². The van der Waals surface area contributed by atoms with Crippen molar-refractivity contribution in [1.82, 2.24) is 4.98 Å². The minimum atomic E-state index is -0.565. The lowest BCUT2D eigenvalue weighted by Crippen LogP contribution is -2.38. The van der Waals surface area contributed by atoms with E-state index in [1.165, 1.54) is 0 Å². The summed E-state index contributed by atoms with van der Waals surface area (Å²) in [4.78, 5) is 27.9. The molecule has 1 aliphatic heterocycles. The van der Waals surface area contributed by atoms with Gasteiger partial charge in [-0.3, -0.25) is 14.6 Å². The molecule has 2 aliphatic rings. The van der Waals surface area contributed by atoms with Crippen molar-refractivity contribution >= 4 is 18.1 Å². The zero-order valence-electron chi connectivity index (χ0n) is 11.4. The van der Waals surface area contributed by atoms with Gasteiger partial charge < -0.3 is 15.4 Å². The van der Waals surface area contributed by atoms with Crippen molar-refractivity contribution in [1.29, 1.82) is 0 Å². The van der Waals surface area contributed by atoms with Gasteiger partial charge in [0.25, 0.3) is 12.4 Å². The molecular formula is C14H17N3O3. The first-order valence-electron chi connectivity index (χ1n) is 6.58. The van der Waals surface area contributed by atoms with E-state index >= 15 is 0 Å². The maximum Gasteiger partial charge on any atom is 0.295 e. The largest absolute Gasteiger partial charge is 0.443 e. The summed E-state index contributed by atoms with van der Waals surface area (Å²) < 4.78 is 5.27. The zero-order chi connectivity index (χ0) is 14.5. The molecule has 3 atom stereocenters. The van der Waals surface area contributed by atoms with E-state index in [0.29, 0.717) is 18.3 Å². The topological polar surface area (TPSA) is 85.5 Å². The van der Waals surface area contributed by atoms with E-state index in [2.05, 4.69) is 18.8 Å². The lowest BCUT2D eigenvalue weighted by Gasteiger charge is -2.31. The molecule has 6 heteroatoms. The first-order chi connectivity index (χ1) is 9.46. The smallest absolute Gasteiger partial charge is 0.295 e. The van der Waals surface area contributed by atoms with Gasteiger partial charge in [-0.2, -0.15) is 0 Å². The Morgan fingerprint density at radius 2 is 2.35 bits per heavy atom. The van der Waals surface area contributed by atoms with Crippen molar-refractivity contribution in [3.8, 4) is 0 Å². The number of pyridine rings is 1. The van der Waals surface area contributed by atoms with Crippen LogP contribution >= 0.6 is 0 Å². The molecule has 1 aromatic heterocycles. The Morgan fingerprint density at radius 3 is 3.00 bits per heavy atom. The van der Waals surface area contributed by atoms with Gasteiger partial charge in [-0.25, -0.2) is 0 Å². The Hall–Kier alpha value is -2.11. The van der Waals surface area contributed by atoms with Gasteiger partial charge in [-0.05, 0) is 23.5 Å². The van der Waals surface area contributed by atoms with E-state index in [9.17, 15) is 9.59 Å². The highest BCUT2D eigenvalue weighted by molar-refractivity contribution is 5.91. The molecule has 1 aromatic rings. The number of carbonyl (C=O) groups is 2. The minimum absolute atomic E-state index is 0.198. The van der Waals surface area contributed by atoms with Crippen LogP contribution in [0.1, 0.15) is 24.3 Å². The number of anilines is 1. The highest BCUT2D eigenvalue weighted by Crippen LogP contribution is 2.65. The number of nitrogens with two attached hydrogens (primary N) is 1. The van der Waals surface area contributed by atoms with E-state index < -0.39 is 5.91 Å². The molecule has 3 rings (SSSR count). The predicted molar refractivity (Wildman–Crippen MR) is 71.8 cm³/mol. The van der Waals surface area contributed by atoms with Gasteiger partial charge in [-0.15, -0.1) is 0 Å². The Kier molecular flexibility index (Phi) is 2.70. The first kappa shape index (κ1) is 12.9. The first-order valence-corrected chi connectivity index (χ1v) is 6.58. The fraction of sp³-hybridized carbons (Fsp3) is 0.500. The maximum absolute atomic E-state index is 11.2. The number of rotatable bonds is 4. The second-order valence-corrected chi connectivity index (χ2v) is 5.99. The number of fused-ring (bicyclic) bond motifs is 1. The highest BCUT2D eigenvalue weighted by Gasteiger charge is 2.68. The van der Waals surface area contributed by atoms with Gasteiger partial charge in [0.05, 0.1) is 0 Å². The molecule has 0 unspecified atom stereocenters. The van der Waals surface area contributed by atoms with Crippen molar-refractivity contribution in [3.05, 3.63) is 24.0 Å². The highest BCUT2D eigenvalue weighted by atomic mass is 16.5. The van der Waals surface area contributed by atoms with Crippen LogP contribution in [0.15, 0.2) is 18.3 Å². The molecule has 2 fully saturated rings. The second-order valence-electron chi connectivity index (χ2n) is 5.99. The molecule has 1 saturated heterocycles. The fourth-order valence-corrected chi connectivity index (χ4v) is 3.41. The summed E-state index contributed by atoms with van der Waals surface area (Å²) in [6.07, 6.45) is 1.26. The number of amides is 1. The third-order valence-electron chi connectivity index (χ3n) is 4.67. The number of hydrogen-bond acceptors (Lipinski definition) is 5. The van der Waals surface area contributed by atoms with E-state index in [1.54, 1.807) is 18.3 Å². The van der Waals surface area contributed by atoms with E-state index in [1.807, 2.05) is 4.90 Å². The van der Waals surface area contributed by atoms with Crippen LogP contribution in [-0.4, -0.2) is 30.1 Å². The Bertz CT molecular complexity index is 573. The van der Waals surface area contributed by atoms with Crippen molar-refractivity contribution in [3.63, 3.8) is 0 Å². The van der Waals surface area contributed by atoms with Crippen LogP contribution in [0.25, 0.3) is 0 Å². The number of aromatic nitrogens is 1. The average Bonchev–Trinajstić information content (AvgIpc) is 2.77. The van der Waals surface area contributed by atoms with Gasteiger partial charge in [0, 0.05) is 24.3 Å². The molecule has 0 radical (unpaired) electrons. The zero-order valence-corrected chi connectivity index (χ0v) is 11.4. The molecule has 1 amide bonds. The molecular weight excluding hydrogens is 258 g/mol. The van der Waals surface area contributed by atoms with E-state index in [-0.39, 0.29) is 17.3 Å². The molecule has 2 N–H and O–H groups in total. The number of piperidine rings is 1.